The number of amides is 2. The number of nitrogens with zero attached hydrogens (tertiary/aromatic N) is 3. The molecule has 0 spiro atoms. The fourth-order valence-corrected chi connectivity index (χ4v) is 4.78. The number of rotatable bonds is 6. The van der Waals surface area contributed by atoms with Crippen LogP contribution in [0.5, 0.6) is 0 Å². The molecule has 1 aliphatic heterocycles. The average Bonchev–Trinajstić information content (AvgIpc) is 3.06. The molecule has 1 aromatic heterocycles. The number of hydrogen-bond donors (Lipinski definition) is 0. The number of benzene rings is 1. The van der Waals surface area contributed by atoms with Crippen molar-refractivity contribution in [1.82, 2.24) is 14.4 Å². The zero-order chi connectivity index (χ0) is 21.8. The molecule has 0 aliphatic carbocycles. The molecule has 0 bridgehead atoms. The van der Waals surface area contributed by atoms with Crippen LogP contribution in [0.15, 0.2) is 36.4 Å². The quantitative estimate of drug-likeness (QED) is 0.685. The standard InChI is InChI=1S/C25H35N3O2/c1-6-14-27(25(30)23-17-19(4)28(18(2)3)20(23)5)22-12-15-26(16-13-22)24(29)21-10-8-7-9-11-21/h7-11,17-18,22H,6,12-16H2,1-5H3. The van der Waals surface area contributed by atoms with Crippen molar-refractivity contribution < 1.29 is 9.59 Å². The van der Waals surface area contributed by atoms with Gasteiger partial charge in [-0.1, -0.05) is 25.1 Å². The van der Waals surface area contributed by atoms with Crippen LogP contribution in [0.3, 0.4) is 0 Å². The minimum absolute atomic E-state index is 0.0860. The Labute approximate surface area is 180 Å². The lowest BCUT2D eigenvalue weighted by Gasteiger charge is -2.38. The van der Waals surface area contributed by atoms with E-state index in [4.69, 9.17) is 0 Å². The summed E-state index contributed by atoms with van der Waals surface area (Å²) in [5.74, 6) is 0.215. The summed E-state index contributed by atoms with van der Waals surface area (Å²) in [5, 5.41) is 0. The van der Waals surface area contributed by atoms with E-state index in [1.165, 1.54) is 0 Å². The van der Waals surface area contributed by atoms with Gasteiger partial charge in [0.05, 0.1) is 5.56 Å². The van der Waals surface area contributed by atoms with Crippen molar-refractivity contribution >= 4 is 11.8 Å². The molecule has 30 heavy (non-hydrogen) atoms. The van der Waals surface area contributed by atoms with E-state index in [-0.39, 0.29) is 17.9 Å². The fraction of sp³-hybridized carbons (Fsp3) is 0.520. The van der Waals surface area contributed by atoms with Crippen molar-refractivity contribution in [3.05, 3.63) is 58.9 Å². The van der Waals surface area contributed by atoms with E-state index >= 15 is 0 Å². The van der Waals surface area contributed by atoms with Gasteiger partial charge in [0.1, 0.15) is 0 Å². The van der Waals surface area contributed by atoms with Crippen LogP contribution in [-0.2, 0) is 0 Å². The molecule has 162 valence electrons. The lowest BCUT2D eigenvalue weighted by atomic mass is 10.0. The van der Waals surface area contributed by atoms with Gasteiger partial charge >= 0.3 is 0 Å². The van der Waals surface area contributed by atoms with E-state index < -0.39 is 0 Å². The van der Waals surface area contributed by atoms with Crippen LogP contribution in [0, 0.1) is 13.8 Å². The predicted molar refractivity (Wildman–Crippen MR) is 121 cm³/mol. The molecule has 5 heteroatoms. The van der Waals surface area contributed by atoms with Crippen LogP contribution in [0.25, 0.3) is 0 Å². The van der Waals surface area contributed by atoms with E-state index in [1.54, 1.807) is 0 Å². The molecule has 1 aromatic carbocycles. The Morgan fingerprint density at radius 2 is 1.73 bits per heavy atom. The van der Waals surface area contributed by atoms with Crippen molar-refractivity contribution in [2.24, 2.45) is 0 Å². The minimum atomic E-state index is 0.0860. The highest BCUT2D eigenvalue weighted by molar-refractivity contribution is 5.96. The van der Waals surface area contributed by atoms with E-state index in [9.17, 15) is 9.59 Å². The van der Waals surface area contributed by atoms with Gasteiger partial charge in [-0.25, -0.2) is 0 Å². The summed E-state index contributed by atoms with van der Waals surface area (Å²) in [6.07, 6.45) is 2.58. The Bertz CT molecular complexity index is 877. The van der Waals surface area contributed by atoms with Crippen molar-refractivity contribution in [2.75, 3.05) is 19.6 Å². The maximum atomic E-state index is 13.5. The molecule has 1 saturated heterocycles. The van der Waals surface area contributed by atoms with Gasteiger partial charge in [-0.2, -0.15) is 0 Å². The zero-order valence-corrected chi connectivity index (χ0v) is 19.0. The molecular weight excluding hydrogens is 374 g/mol. The summed E-state index contributed by atoms with van der Waals surface area (Å²) in [4.78, 5) is 30.2. The number of hydrogen-bond acceptors (Lipinski definition) is 2. The lowest BCUT2D eigenvalue weighted by Crippen LogP contribution is -2.49. The molecule has 2 aromatic rings. The highest BCUT2D eigenvalue weighted by atomic mass is 16.2. The van der Waals surface area contributed by atoms with E-state index in [0.29, 0.717) is 19.1 Å². The number of aryl methyl sites for hydroxylation is 1. The molecule has 2 heterocycles. The molecule has 0 unspecified atom stereocenters. The Balaban J connectivity index is 1.73. The van der Waals surface area contributed by atoms with Gasteiger partial charge < -0.3 is 14.4 Å². The highest BCUT2D eigenvalue weighted by Crippen LogP contribution is 2.25. The summed E-state index contributed by atoms with van der Waals surface area (Å²) in [7, 11) is 0. The van der Waals surface area contributed by atoms with Crippen molar-refractivity contribution in [2.45, 2.75) is 66.0 Å². The molecule has 2 amide bonds. The number of carbonyl (C=O) groups is 2. The van der Waals surface area contributed by atoms with Gasteiger partial charge in [0.15, 0.2) is 0 Å². The summed E-state index contributed by atoms with van der Waals surface area (Å²) in [5.41, 5.74) is 3.73. The topological polar surface area (TPSA) is 45.6 Å². The number of aromatic nitrogens is 1. The summed E-state index contributed by atoms with van der Waals surface area (Å²) >= 11 is 0. The van der Waals surface area contributed by atoms with Crippen LogP contribution in [0.2, 0.25) is 0 Å². The first-order chi connectivity index (χ1) is 14.3. The molecule has 5 nitrogen and oxygen atoms in total. The van der Waals surface area contributed by atoms with Crippen molar-refractivity contribution in [3.8, 4) is 0 Å². The lowest BCUT2D eigenvalue weighted by molar-refractivity contribution is 0.0518. The molecular formula is C25H35N3O2. The normalized spacial score (nSPS) is 14.9. The third-order valence-corrected chi connectivity index (χ3v) is 6.17. The van der Waals surface area contributed by atoms with Gasteiger partial charge in [0.25, 0.3) is 11.8 Å². The molecule has 1 aliphatic rings. The summed E-state index contributed by atoms with van der Waals surface area (Å²) in [6, 6.07) is 12.0. The fourth-order valence-electron chi connectivity index (χ4n) is 4.78. The zero-order valence-electron chi connectivity index (χ0n) is 19.0. The second kappa shape index (κ2) is 9.50. The molecule has 0 N–H and O–H groups in total. The first-order valence-electron chi connectivity index (χ1n) is 11.2. The minimum Gasteiger partial charge on any atom is -0.346 e. The third-order valence-electron chi connectivity index (χ3n) is 6.17. The van der Waals surface area contributed by atoms with Gasteiger partial charge in [-0.3, -0.25) is 9.59 Å². The first-order valence-corrected chi connectivity index (χ1v) is 11.2. The average molecular weight is 410 g/mol. The maximum Gasteiger partial charge on any atom is 0.255 e. The Hall–Kier alpha value is -2.56. The monoisotopic (exact) mass is 409 g/mol. The van der Waals surface area contributed by atoms with Gasteiger partial charge in [-0.15, -0.1) is 0 Å². The van der Waals surface area contributed by atoms with Gasteiger partial charge in [0.2, 0.25) is 0 Å². The van der Waals surface area contributed by atoms with E-state index in [1.807, 2.05) is 48.2 Å². The number of piperidine rings is 1. The third kappa shape index (κ3) is 4.45. The number of likely N-dealkylation sites (tertiary alicyclic amines) is 1. The highest BCUT2D eigenvalue weighted by Gasteiger charge is 2.31. The smallest absolute Gasteiger partial charge is 0.255 e. The largest absolute Gasteiger partial charge is 0.346 e. The molecule has 0 saturated carbocycles. The van der Waals surface area contributed by atoms with Crippen molar-refractivity contribution in [3.63, 3.8) is 0 Å². The van der Waals surface area contributed by atoms with Crippen LogP contribution < -0.4 is 0 Å². The van der Waals surface area contributed by atoms with E-state index in [2.05, 4.69) is 37.2 Å². The Kier molecular flexibility index (Phi) is 7.01. The Morgan fingerprint density at radius 3 is 2.27 bits per heavy atom. The second-order valence-corrected chi connectivity index (χ2v) is 8.64. The Morgan fingerprint density at radius 1 is 1.10 bits per heavy atom. The van der Waals surface area contributed by atoms with Gasteiger partial charge in [0, 0.05) is 48.7 Å². The van der Waals surface area contributed by atoms with Gasteiger partial charge in [-0.05, 0) is 65.2 Å². The van der Waals surface area contributed by atoms with Crippen molar-refractivity contribution in [1.29, 1.82) is 0 Å². The molecule has 0 radical (unpaired) electrons. The first kappa shape index (κ1) is 22.1. The second-order valence-electron chi connectivity index (χ2n) is 8.64. The molecule has 1 fully saturated rings. The summed E-state index contributed by atoms with van der Waals surface area (Å²) in [6.45, 7) is 12.7. The maximum absolute atomic E-state index is 13.5. The molecule has 3 rings (SSSR count). The SMILES string of the molecule is CCCN(C(=O)c1cc(C)n(C(C)C)c1C)C1CCN(C(=O)c2ccccc2)CC1. The van der Waals surface area contributed by atoms with Crippen LogP contribution in [0.1, 0.15) is 78.2 Å². The van der Waals surface area contributed by atoms with E-state index in [0.717, 1.165) is 48.3 Å². The summed E-state index contributed by atoms with van der Waals surface area (Å²) < 4.78 is 2.23. The van der Waals surface area contributed by atoms with Crippen LogP contribution in [-0.4, -0.2) is 51.9 Å². The number of carbonyl (C=O) groups excluding carboxylic acids is 2. The molecule has 0 atom stereocenters. The van der Waals surface area contributed by atoms with Crippen LogP contribution in [0.4, 0.5) is 0 Å². The predicted octanol–water partition coefficient (Wildman–Crippen LogP) is 4.84. The van der Waals surface area contributed by atoms with Crippen LogP contribution >= 0.6 is 0 Å².